The van der Waals surface area contributed by atoms with Crippen LogP contribution in [0.25, 0.3) is 0 Å². The Morgan fingerprint density at radius 2 is 2.27 bits per heavy atom. The second-order valence-corrected chi connectivity index (χ2v) is 4.40. The molecule has 0 aromatic heterocycles. The molecule has 0 aliphatic heterocycles. The molecular formula is C12H16BrNO. The third-order valence-corrected chi connectivity index (χ3v) is 2.52. The second kappa shape index (κ2) is 5.93. The molecule has 82 valence electrons. The number of nitrogens with two attached hydrogens (primary N) is 1. The highest BCUT2D eigenvalue weighted by atomic mass is 79.9. The minimum absolute atomic E-state index is 0.550. The van der Waals surface area contributed by atoms with E-state index in [-0.39, 0.29) is 0 Å². The molecule has 0 amide bonds. The van der Waals surface area contributed by atoms with E-state index in [0.29, 0.717) is 13.2 Å². The lowest BCUT2D eigenvalue weighted by Crippen LogP contribution is -2.03. The van der Waals surface area contributed by atoms with E-state index in [0.717, 1.165) is 22.2 Å². The Balaban J connectivity index is 2.70. The topological polar surface area (TPSA) is 35.2 Å². The standard InChI is InChI=1S/C12H16BrNO/c1-9(2)8-15-12-4-3-10(5-6-14)7-11(12)13/h3-4,7H,1,5-6,8,14H2,2H3. The van der Waals surface area contributed by atoms with E-state index in [4.69, 9.17) is 10.5 Å². The van der Waals surface area contributed by atoms with Crippen molar-refractivity contribution in [3.05, 3.63) is 40.4 Å². The number of ether oxygens (including phenoxy) is 1. The van der Waals surface area contributed by atoms with Crippen molar-refractivity contribution >= 4 is 15.9 Å². The molecule has 1 rings (SSSR count). The molecular weight excluding hydrogens is 254 g/mol. The molecule has 2 nitrogen and oxygen atoms in total. The van der Waals surface area contributed by atoms with Crippen molar-refractivity contribution in [3.63, 3.8) is 0 Å². The maximum Gasteiger partial charge on any atom is 0.133 e. The van der Waals surface area contributed by atoms with Crippen molar-refractivity contribution < 1.29 is 4.74 Å². The summed E-state index contributed by atoms with van der Waals surface area (Å²) in [5.41, 5.74) is 7.71. The summed E-state index contributed by atoms with van der Waals surface area (Å²) in [4.78, 5) is 0. The van der Waals surface area contributed by atoms with Gasteiger partial charge in [0.05, 0.1) is 4.47 Å². The largest absolute Gasteiger partial charge is 0.488 e. The van der Waals surface area contributed by atoms with E-state index in [9.17, 15) is 0 Å². The number of benzene rings is 1. The van der Waals surface area contributed by atoms with Crippen molar-refractivity contribution in [1.82, 2.24) is 0 Å². The van der Waals surface area contributed by atoms with Gasteiger partial charge in [-0.15, -0.1) is 0 Å². The van der Waals surface area contributed by atoms with Crippen LogP contribution in [-0.2, 0) is 6.42 Å². The van der Waals surface area contributed by atoms with Crippen LogP contribution >= 0.6 is 15.9 Å². The summed E-state index contributed by atoms with van der Waals surface area (Å²) >= 11 is 3.47. The molecule has 3 heteroatoms. The quantitative estimate of drug-likeness (QED) is 0.835. The number of rotatable bonds is 5. The first-order chi connectivity index (χ1) is 7.13. The average Bonchev–Trinajstić information content (AvgIpc) is 2.17. The summed E-state index contributed by atoms with van der Waals surface area (Å²) in [6.07, 6.45) is 0.888. The predicted molar refractivity (Wildman–Crippen MR) is 67.2 cm³/mol. The molecule has 0 saturated heterocycles. The van der Waals surface area contributed by atoms with Gasteiger partial charge >= 0.3 is 0 Å². The van der Waals surface area contributed by atoms with Crippen molar-refractivity contribution in [2.45, 2.75) is 13.3 Å². The zero-order valence-corrected chi connectivity index (χ0v) is 10.5. The number of hydrogen-bond donors (Lipinski definition) is 1. The summed E-state index contributed by atoms with van der Waals surface area (Å²) in [6, 6.07) is 6.03. The van der Waals surface area contributed by atoms with Crippen LogP contribution in [0, 0.1) is 0 Å². The van der Waals surface area contributed by atoms with Gasteiger partial charge in [-0.2, -0.15) is 0 Å². The second-order valence-electron chi connectivity index (χ2n) is 3.55. The van der Waals surface area contributed by atoms with Crippen LogP contribution in [-0.4, -0.2) is 13.2 Å². The summed E-state index contributed by atoms with van der Waals surface area (Å²) in [6.45, 7) is 6.95. The zero-order chi connectivity index (χ0) is 11.3. The maximum atomic E-state index is 5.55. The van der Waals surface area contributed by atoms with Crippen molar-refractivity contribution in [1.29, 1.82) is 0 Å². The van der Waals surface area contributed by atoms with Crippen molar-refractivity contribution in [2.24, 2.45) is 5.73 Å². The molecule has 0 fully saturated rings. The lowest BCUT2D eigenvalue weighted by molar-refractivity contribution is 0.350. The van der Waals surface area contributed by atoms with Crippen LogP contribution in [0.5, 0.6) is 5.75 Å². The molecule has 0 aliphatic carbocycles. The van der Waals surface area contributed by atoms with Crippen molar-refractivity contribution in [3.8, 4) is 5.75 Å². The molecule has 0 radical (unpaired) electrons. The van der Waals surface area contributed by atoms with E-state index in [2.05, 4.69) is 22.5 Å². The van der Waals surface area contributed by atoms with Gasteiger partial charge in [-0.1, -0.05) is 12.6 Å². The molecule has 0 aliphatic rings. The molecule has 2 N–H and O–H groups in total. The molecule has 0 spiro atoms. The highest BCUT2D eigenvalue weighted by Crippen LogP contribution is 2.26. The SMILES string of the molecule is C=C(C)COc1ccc(CCN)cc1Br. The molecule has 0 bridgehead atoms. The van der Waals surface area contributed by atoms with E-state index in [1.54, 1.807) is 0 Å². The van der Waals surface area contributed by atoms with Crippen LogP contribution in [0.1, 0.15) is 12.5 Å². The van der Waals surface area contributed by atoms with Gasteiger partial charge < -0.3 is 10.5 Å². The molecule has 15 heavy (non-hydrogen) atoms. The normalized spacial score (nSPS) is 10.1. The van der Waals surface area contributed by atoms with Gasteiger partial charge in [0.2, 0.25) is 0 Å². The van der Waals surface area contributed by atoms with E-state index in [1.165, 1.54) is 5.56 Å². The van der Waals surface area contributed by atoms with Gasteiger partial charge in [0, 0.05) is 0 Å². The molecule has 1 aromatic rings. The molecule has 0 heterocycles. The minimum atomic E-state index is 0.550. The Morgan fingerprint density at radius 1 is 1.53 bits per heavy atom. The number of hydrogen-bond acceptors (Lipinski definition) is 2. The fraction of sp³-hybridized carbons (Fsp3) is 0.333. The summed E-state index contributed by atoms with van der Waals surface area (Å²) in [5, 5.41) is 0. The Labute approximate surface area is 99.3 Å². The Kier molecular flexibility index (Phi) is 4.85. The first-order valence-electron chi connectivity index (χ1n) is 4.89. The number of halogens is 1. The average molecular weight is 270 g/mol. The molecule has 0 atom stereocenters. The van der Waals surface area contributed by atoms with Crippen LogP contribution in [0.3, 0.4) is 0 Å². The molecule has 0 unspecified atom stereocenters. The zero-order valence-electron chi connectivity index (χ0n) is 8.92. The van der Waals surface area contributed by atoms with E-state index >= 15 is 0 Å². The van der Waals surface area contributed by atoms with Gasteiger partial charge in [0.25, 0.3) is 0 Å². The lowest BCUT2D eigenvalue weighted by atomic mass is 10.1. The smallest absolute Gasteiger partial charge is 0.133 e. The van der Waals surface area contributed by atoms with Crippen LogP contribution in [0.2, 0.25) is 0 Å². The van der Waals surface area contributed by atoms with Gasteiger partial charge in [-0.25, -0.2) is 0 Å². The highest BCUT2D eigenvalue weighted by Gasteiger charge is 2.02. The Hall–Kier alpha value is -0.800. The molecule has 1 aromatic carbocycles. The Bertz CT molecular complexity index is 349. The molecule has 0 saturated carbocycles. The maximum absolute atomic E-state index is 5.55. The third-order valence-electron chi connectivity index (χ3n) is 1.90. The first-order valence-corrected chi connectivity index (χ1v) is 5.68. The fourth-order valence-electron chi connectivity index (χ4n) is 1.18. The van der Waals surface area contributed by atoms with Gasteiger partial charge in [-0.05, 0) is 59.1 Å². The minimum Gasteiger partial charge on any atom is -0.488 e. The van der Waals surface area contributed by atoms with Crippen molar-refractivity contribution in [2.75, 3.05) is 13.2 Å². The summed E-state index contributed by atoms with van der Waals surface area (Å²) in [7, 11) is 0. The van der Waals surface area contributed by atoms with Crippen LogP contribution in [0.4, 0.5) is 0 Å². The lowest BCUT2D eigenvalue weighted by Gasteiger charge is -2.09. The fourth-order valence-corrected chi connectivity index (χ4v) is 1.73. The van der Waals surface area contributed by atoms with Gasteiger partial charge in [0.15, 0.2) is 0 Å². The van der Waals surface area contributed by atoms with Crippen LogP contribution in [0.15, 0.2) is 34.8 Å². The third kappa shape index (κ3) is 4.06. The van der Waals surface area contributed by atoms with Gasteiger partial charge in [0.1, 0.15) is 12.4 Å². The van der Waals surface area contributed by atoms with Gasteiger partial charge in [-0.3, -0.25) is 0 Å². The van der Waals surface area contributed by atoms with Crippen LogP contribution < -0.4 is 10.5 Å². The summed E-state index contributed by atoms with van der Waals surface area (Å²) in [5.74, 6) is 0.846. The summed E-state index contributed by atoms with van der Waals surface area (Å²) < 4.78 is 6.52. The monoisotopic (exact) mass is 269 g/mol. The highest BCUT2D eigenvalue weighted by molar-refractivity contribution is 9.10. The Morgan fingerprint density at radius 3 is 2.80 bits per heavy atom. The van der Waals surface area contributed by atoms with E-state index in [1.807, 2.05) is 25.1 Å². The first kappa shape index (κ1) is 12.3. The van der Waals surface area contributed by atoms with E-state index < -0.39 is 0 Å². The predicted octanol–water partition coefficient (Wildman–Crippen LogP) is 2.91.